The maximum atomic E-state index is 6.55. The summed E-state index contributed by atoms with van der Waals surface area (Å²) >= 11 is 0. The van der Waals surface area contributed by atoms with E-state index >= 15 is 0 Å². The van der Waals surface area contributed by atoms with Crippen LogP contribution < -0.4 is 5.73 Å². The topological polar surface area (TPSA) is 26.0 Å². The molecule has 1 aromatic rings. The lowest BCUT2D eigenvalue weighted by Gasteiger charge is -2.67. The summed E-state index contributed by atoms with van der Waals surface area (Å²) in [6.07, 6.45) is 3.63. The van der Waals surface area contributed by atoms with Crippen LogP contribution in [0.2, 0.25) is 0 Å². The third-order valence-corrected chi connectivity index (χ3v) is 6.37. The molecule has 0 amide bonds. The molecule has 0 aromatic heterocycles. The van der Waals surface area contributed by atoms with Crippen LogP contribution in [0.1, 0.15) is 37.3 Å². The number of benzene rings is 1. The summed E-state index contributed by atoms with van der Waals surface area (Å²) in [6.45, 7) is 6.23. The Morgan fingerprint density at radius 3 is 2.57 bits per heavy atom. The SMILES string of the molecule is CC.Cc1ccccc1[C@@H]1C2C([C@H]1N)[C@@H]1C3=C=C[C@H](C3)[C@H]21. The van der Waals surface area contributed by atoms with Crippen molar-refractivity contribution in [1.82, 2.24) is 0 Å². The lowest BCUT2D eigenvalue weighted by molar-refractivity contribution is -0.122. The third kappa shape index (κ3) is 1.51. The largest absolute Gasteiger partial charge is 0.327 e. The van der Waals surface area contributed by atoms with Gasteiger partial charge >= 0.3 is 0 Å². The fourth-order valence-electron chi connectivity index (χ4n) is 5.63. The second kappa shape index (κ2) is 4.60. The molecule has 0 aliphatic heterocycles. The number of rotatable bonds is 1. The van der Waals surface area contributed by atoms with Gasteiger partial charge in [0.05, 0.1) is 0 Å². The van der Waals surface area contributed by atoms with Gasteiger partial charge in [0.1, 0.15) is 0 Å². The number of allylic oxidation sites excluding steroid dienone is 1. The Kier molecular flexibility index (Phi) is 2.93. The Bertz CT molecular complexity index is 637. The summed E-state index contributed by atoms with van der Waals surface area (Å²) < 4.78 is 0. The van der Waals surface area contributed by atoms with Crippen molar-refractivity contribution < 1.29 is 0 Å². The zero-order valence-electron chi connectivity index (χ0n) is 13.2. The molecule has 5 rings (SSSR count). The van der Waals surface area contributed by atoms with Gasteiger partial charge in [-0.1, -0.05) is 38.1 Å². The summed E-state index contributed by atoms with van der Waals surface area (Å²) in [7, 11) is 0. The van der Waals surface area contributed by atoms with Crippen LogP contribution in [0.15, 0.2) is 41.6 Å². The highest BCUT2D eigenvalue weighted by Crippen LogP contribution is 2.73. The molecule has 110 valence electrons. The summed E-state index contributed by atoms with van der Waals surface area (Å²) in [5.74, 6) is 4.71. The molecule has 2 N–H and O–H groups in total. The van der Waals surface area contributed by atoms with Crippen LogP contribution in [0.3, 0.4) is 0 Å². The van der Waals surface area contributed by atoms with E-state index in [2.05, 4.69) is 43.0 Å². The van der Waals surface area contributed by atoms with E-state index < -0.39 is 0 Å². The molecular weight excluding hydrogens is 254 g/mol. The minimum atomic E-state index is 0.376. The highest BCUT2D eigenvalue weighted by Gasteiger charge is 2.70. The highest BCUT2D eigenvalue weighted by molar-refractivity contribution is 5.43. The van der Waals surface area contributed by atoms with Crippen molar-refractivity contribution >= 4 is 0 Å². The Balaban J connectivity index is 0.000000555. The van der Waals surface area contributed by atoms with Gasteiger partial charge in [0.15, 0.2) is 0 Å². The number of aryl methyl sites for hydroxylation is 1. The predicted octanol–water partition coefficient (Wildman–Crippen LogP) is 4.04. The van der Waals surface area contributed by atoms with Gasteiger partial charge < -0.3 is 5.73 Å². The molecule has 7 atom stereocenters. The first-order valence-corrected chi connectivity index (χ1v) is 8.54. The maximum absolute atomic E-state index is 6.55. The van der Waals surface area contributed by atoms with Gasteiger partial charge in [-0.2, -0.15) is 0 Å². The summed E-state index contributed by atoms with van der Waals surface area (Å²) in [4.78, 5) is 0. The van der Waals surface area contributed by atoms with Crippen LogP contribution in [-0.4, -0.2) is 6.04 Å². The molecule has 0 spiro atoms. The molecule has 3 fully saturated rings. The molecule has 0 radical (unpaired) electrons. The second-order valence-corrected chi connectivity index (χ2v) is 6.92. The molecule has 4 aliphatic carbocycles. The Hall–Kier alpha value is -1.30. The zero-order chi connectivity index (χ0) is 14.7. The van der Waals surface area contributed by atoms with Gasteiger partial charge in [0, 0.05) is 12.0 Å². The molecule has 2 bridgehead atoms. The fourth-order valence-corrected chi connectivity index (χ4v) is 5.63. The minimum absolute atomic E-state index is 0.376. The van der Waals surface area contributed by atoms with E-state index in [9.17, 15) is 0 Å². The fraction of sp³-hybridized carbons (Fsp3) is 0.550. The maximum Gasteiger partial charge on any atom is 0.0148 e. The first-order chi connectivity index (χ1) is 10.3. The molecule has 4 aliphatic rings. The average molecular weight is 279 g/mol. The van der Waals surface area contributed by atoms with E-state index in [0.29, 0.717) is 12.0 Å². The quantitative estimate of drug-likeness (QED) is 0.771. The summed E-state index contributed by atoms with van der Waals surface area (Å²) in [6, 6.07) is 9.21. The molecule has 1 aromatic carbocycles. The molecule has 2 unspecified atom stereocenters. The smallest absolute Gasteiger partial charge is 0.0148 e. The first-order valence-electron chi connectivity index (χ1n) is 8.54. The van der Waals surface area contributed by atoms with Crippen LogP contribution in [-0.2, 0) is 0 Å². The Morgan fingerprint density at radius 2 is 1.81 bits per heavy atom. The van der Waals surface area contributed by atoms with Crippen LogP contribution in [0.25, 0.3) is 0 Å². The Labute approximate surface area is 127 Å². The number of hydrogen-bond acceptors (Lipinski definition) is 1. The third-order valence-electron chi connectivity index (χ3n) is 6.37. The molecule has 0 saturated heterocycles. The number of hydrogen-bond donors (Lipinski definition) is 1. The van der Waals surface area contributed by atoms with E-state index in [0.717, 1.165) is 29.6 Å². The lowest BCUT2D eigenvalue weighted by Crippen LogP contribution is -2.69. The van der Waals surface area contributed by atoms with Gasteiger partial charge in [-0.3, -0.25) is 0 Å². The van der Waals surface area contributed by atoms with Crippen molar-refractivity contribution in [1.29, 1.82) is 0 Å². The van der Waals surface area contributed by atoms with Gasteiger partial charge in [0.25, 0.3) is 0 Å². The van der Waals surface area contributed by atoms with Crippen LogP contribution in [0, 0.1) is 36.5 Å². The van der Waals surface area contributed by atoms with E-state index in [1.54, 1.807) is 5.57 Å². The molecule has 1 nitrogen and oxygen atoms in total. The summed E-state index contributed by atoms with van der Waals surface area (Å²) in [5.41, 5.74) is 14.6. The summed E-state index contributed by atoms with van der Waals surface area (Å²) in [5, 5.41) is 0. The van der Waals surface area contributed by atoms with Gasteiger partial charge in [0.2, 0.25) is 0 Å². The average Bonchev–Trinajstić information content (AvgIpc) is 3.05. The van der Waals surface area contributed by atoms with Crippen LogP contribution >= 0.6 is 0 Å². The van der Waals surface area contributed by atoms with Crippen molar-refractivity contribution in [2.45, 2.75) is 39.2 Å². The Morgan fingerprint density at radius 1 is 1.05 bits per heavy atom. The van der Waals surface area contributed by atoms with Gasteiger partial charge in [-0.25, -0.2) is 0 Å². The van der Waals surface area contributed by atoms with Gasteiger partial charge in [-0.05, 0) is 65.7 Å². The molecule has 0 heterocycles. The number of fused-ring (bicyclic) bond motifs is 8. The van der Waals surface area contributed by atoms with Crippen molar-refractivity contribution in [3.05, 3.63) is 52.8 Å². The molecular formula is C20H25N. The monoisotopic (exact) mass is 279 g/mol. The second-order valence-electron chi connectivity index (χ2n) is 6.92. The standard InChI is InChI=1S/C18H19N.C2H6/c1-9-4-2-3-5-12(9)15-16-13-10-6-7-11(8-10)14(13)17(16)18(15)19;1-2/h2-6,10,13-18H,8,19H2,1H3;1-2H3/t10-,13+,14-,15-,16?,17?,18+;/m1./s1. The minimum Gasteiger partial charge on any atom is -0.327 e. The highest BCUT2D eigenvalue weighted by atomic mass is 14.8. The van der Waals surface area contributed by atoms with Gasteiger partial charge in [-0.15, -0.1) is 5.73 Å². The van der Waals surface area contributed by atoms with Crippen molar-refractivity contribution in [2.24, 2.45) is 35.3 Å². The van der Waals surface area contributed by atoms with E-state index in [4.69, 9.17) is 5.73 Å². The van der Waals surface area contributed by atoms with Crippen LogP contribution in [0.5, 0.6) is 0 Å². The molecule has 3 saturated carbocycles. The molecule has 21 heavy (non-hydrogen) atoms. The predicted molar refractivity (Wildman–Crippen MR) is 86.9 cm³/mol. The van der Waals surface area contributed by atoms with E-state index in [-0.39, 0.29) is 0 Å². The van der Waals surface area contributed by atoms with Crippen molar-refractivity contribution in [3.8, 4) is 0 Å². The number of nitrogens with two attached hydrogens (primary N) is 1. The zero-order valence-corrected chi connectivity index (χ0v) is 13.2. The normalized spacial score (nSPS) is 43.8. The van der Waals surface area contributed by atoms with Crippen molar-refractivity contribution in [3.63, 3.8) is 0 Å². The first kappa shape index (κ1) is 13.4. The molecule has 1 heteroatoms. The van der Waals surface area contributed by atoms with Crippen molar-refractivity contribution in [2.75, 3.05) is 0 Å². The lowest BCUT2D eigenvalue weighted by atomic mass is 9.38. The van der Waals surface area contributed by atoms with E-state index in [1.165, 1.54) is 17.5 Å². The van der Waals surface area contributed by atoms with E-state index in [1.807, 2.05) is 13.8 Å². The van der Waals surface area contributed by atoms with Crippen LogP contribution in [0.4, 0.5) is 0 Å².